The third-order valence-corrected chi connectivity index (χ3v) is 4.91. The molecule has 0 radical (unpaired) electrons. The number of hydrogen-bond acceptors (Lipinski definition) is 5. The van der Waals surface area contributed by atoms with Crippen LogP contribution in [0.2, 0.25) is 0 Å². The third kappa shape index (κ3) is 4.22. The van der Waals surface area contributed by atoms with Gasteiger partial charge in [0.05, 0.1) is 7.11 Å². The van der Waals surface area contributed by atoms with Crippen LogP contribution < -0.4 is 15.7 Å². The van der Waals surface area contributed by atoms with Gasteiger partial charge in [-0.25, -0.2) is 4.79 Å². The second-order valence-corrected chi connectivity index (χ2v) is 6.68. The molecule has 6 heteroatoms. The van der Waals surface area contributed by atoms with Crippen LogP contribution in [0.25, 0.3) is 11.0 Å². The van der Waals surface area contributed by atoms with Crippen molar-refractivity contribution in [3.8, 4) is 5.75 Å². The van der Waals surface area contributed by atoms with E-state index in [1.165, 1.54) is 0 Å². The van der Waals surface area contributed by atoms with Crippen molar-refractivity contribution in [2.24, 2.45) is 0 Å². The van der Waals surface area contributed by atoms with Crippen molar-refractivity contribution in [2.75, 3.05) is 13.7 Å². The summed E-state index contributed by atoms with van der Waals surface area (Å²) in [6.07, 6.45) is 2.97. The van der Waals surface area contributed by atoms with E-state index < -0.39 is 5.63 Å². The van der Waals surface area contributed by atoms with Crippen molar-refractivity contribution >= 4 is 16.9 Å². The molecule has 28 heavy (non-hydrogen) atoms. The zero-order chi connectivity index (χ0) is 20.1. The number of rotatable bonds is 7. The van der Waals surface area contributed by atoms with E-state index >= 15 is 0 Å². The maximum Gasteiger partial charge on any atom is 0.339 e. The molecule has 1 N–H and O–H groups in total. The first-order valence-corrected chi connectivity index (χ1v) is 9.27. The number of aromatic nitrogens is 1. The number of benzene rings is 1. The average molecular weight is 380 g/mol. The fourth-order valence-corrected chi connectivity index (χ4v) is 3.28. The molecule has 2 heterocycles. The van der Waals surface area contributed by atoms with Crippen molar-refractivity contribution in [1.82, 2.24) is 10.3 Å². The second kappa shape index (κ2) is 8.69. The SMILES string of the molecule is COc1ccc2c(C)c(CCC(=O)NCCc3ccccn3)c(=O)oc2c1C. The number of carbonyl (C=O) groups excluding carboxylic acids is 1. The van der Waals surface area contributed by atoms with Crippen molar-refractivity contribution in [2.45, 2.75) is 33.1 Å². The molecule has 0 saturated heterocycles. The Labute approximate surface area is 163 Å². The van der Waals surface area contributed by atoms with Gasteiger partial charge in [0.1, 0.15) is 11.3 Å². The number of ether oxygens (including phenoxy) is 1. The highest BCUT2D eigenvalue weighted by molar-refractivity contribution is 5.85. The molecule has 3 rings (SSSR count). The molecule has 146 valence electrons. The number of carbonyl (C=O) groups is 1. The first kappa shape index (κ1) is 19.6. The molecule has 0 spiro atoms. The van der Waals surface area contributed by atoms with Crippen LogP contribution in [0.4, 0.5) is 0 Å². The summed E-state index contributed by atoms with van der Waals surface area (Å²) >= 11 is 0. The lowest BCUT2D eigenvalue weighted by atomic mass is 10.0. The number of pyridine rings is 1. The summed E-state index contributed by atoms with van der Waals surface area (Å²) in [6, 6.07) is 9.45. The minimum atomic E-state index is -0.400. The lowest BCUT2D eigenvalue weighted by molar-refractivity contribution is -0.121. The van der Waals surface area contributed by atoms with Crippen LogP contribution in [0.1, 0.15) is 28.8 Å². The molecule has 0 aliphatic carbocycles. The Morgan fingerprint density at radius 3 is 2.68 bits per heavy atom. The fraction of sp³-hybridized carbons (Fsp3) is 0.318. The lowest BCUT2D eigenvalue weighted by Crippen LogP contribution is -2.26. The summed E-state index contributed by atoms with van der Waals surface area (Å²) in [7, 11) is 1.58. The molecule has 0 fully saturated rings. The van der Waals surface area contributed by atoms with E-state index in [1.54, 1.807) is 13.3 Å². The van der Waals surface area contributed by atoms with E-state index in [9.17, 15) is 9.59 Å². The van der Waals surface area contributed by atoms with Crippen LogP contribution in [0.3, 0.4) is 0 Å². The summed E-state index contributed by atoms with van der Waals surface area (Å²) in [6.45, 7) is 4.26. The quantitative estimate of drug-likeness (QED) is 0.637. The Bertz CT molecular complexity index is 1040. The Kier molecular flexibility index (Phi) is 6.09. The van der Waals surface area contributed by atoms with Gasteiger partial charge < -0.3 is 14.5 Å². The van der Waals surface area contributed by atoms with Gasteiger partial charge in [0.15, 0.2) is 0 Å². The van der Waals surface area contributed by atoms with Crippen LogP contribution in [0, 0.1) is 13.8 Å². The van der Waals surface area contributed by atoms with Gasteiger partial charge in [-0.15, -0.1) is 0 Å². The normalized spacial score (nSPS) is 10.8. The van der Waals surface area contributed by atoms with E-state index in [2.05, 4.69) is 10.3 Å². The fourth-order valence-electron chi connectivity index (χ4n) is 3.28. The molecule has 3 aromatic rings. The van der Waals surface area contributed by atoms with Crippen LogP contribution in [0.15, 0.2) is 45.7 Å². The van der Waals surface area contributed by atoms with Crippen molar-refractivity contribution in [3.05, 3.63) is 69.3 Å². The molecule has 6 nitrogen and oxygen atoms in total. The number of nitrogens with zero attached hydrogens (tertiary/aromatic N) is 1. The highest BCUT2D eigenvalue weighted by atomic mass is 16.5. The molecule has 2 aromatic heterocycles. The highest BCUT2D eigenvalue weighted by Crippen LogP contribution is 2.29. The standard InChI is InChI=1S/C22H24N2O4/c1-14-17-7-9-19(27-3)15(2)21(17)28-22(26)18(14)8-10-20(25)24-13-11-16-6-4-5-12-23-16/h4-7,9,12H,8,10-11,13H2,1-3H3,(H,24,25). The minimum Gasteiger partial charge on any atom is -0.496 e. The number of nitrogens with one attached hydrogen (secondary N) is 1. The predicted molar refractivity (Wildman–Crippen MR) is 108 cm³/mol. The molecule has 0 unspecified atom stereocenters. The maximum atomic E-state index is 12.5. The smallest absolute Gasteiger partial charge is 0.339 e. The number of aryl methyl sites for hydroxylation is 2. The van der Waals surface area contributed by atoms with Crippen molar-refractivity contribution in [1.29, 1.82) is 0 Å². The molecule has 0 atom stereocenters. The zero-order valence-corrected chi connectivity index (χ0v) is 16.4. The second-order valence-electron chi connectivity index (χ2n) is 6.68. The summed E-state index contributed by atoms with van der Waals surface area (Å²) < 4.78 is 10.8. The molecule has 0 saturated carbocycles. The molecule has 1 amide bonds. The minimum absolute atomic E-state index is 0.0965. The largest absolute Gasteiger partial charge is 0.496 e. The molecular weight excluding hydrogens is 356 g/mol. The number of amides is 1. The van der Waals surface area contributed by atoms with Gasteiger partial charge in [0.25, 0.3) is 0 Å². The van der Waals surface area contributed by atoms with E-state index in [1.807, 2.05) is 44.2 Å². The molecule has 1 aromatic carbocycles. The average Bonchev–Trinajstić information content (AvgIpc) is 2.69. The monoisotopic (exact) mass is 380 g/mol. The van der Waals surface area contributed by atoms with E-state index in [4.69, 9.17) is 9.15 Å². The summed E-state index contributed by atoms with van der Waals surface area (Å²) in [4.78, 5) is 28.8. The first-order chi connectivity index (χ1) is 13.5. The third-order valence-electron chi connectivity index (χ3n) is 4.91. The zero-order valence-electron chi connectivity index (χ0n) is 16.4. The van der Waals surface area contributed by atoms with Crippen LogP contribution >= 0.6 is 0 Å². The molecule has 0 aliphatic rings. The predicted octanol–water partition coefficient (Wildman–Crippen LogP) is 3.10. The van der Waals surface area contributed by atoms with Crippen LogP contribution in [-0.4, -0.2) is 24.5 Å². The van der Waals surface area contributed by atoms with E-state index in [0.29, 0.717) is 36.3 Å². The van der Waals surface area contributed by atoms with Gasteiger partial charge in [0, 0.05) is 47.8 Å². The van der Waals surface area contributed by atoms with Gasteiger partial charge in [-0.2, -0.15) is 0 Å². The Morgan fingerprint density at radius 1 is 1.14 bits per heavy atom. The Hall–Kier alpha value is -3.15. The van der Waals surface area contributed by atoms with Gasteiger partial charge in [-0.05, 0) is 50.1 Å². The number of methoxy groups -OCH3 is 1. The van der Waals surface area contributed by atoms with Crippen molar-refractivity contribution in [3.63, 3.8) is 0 Å². The molecular formula is C22H24N2O4. The molecule has 0 aliphatic heterocycles. The summed E-state index contributed by atoms with van der Waals surface area (Å²) in [5.74, 6) is 0.579. The van der Waals surface area contributed by atoms with Crippen LogP contribution in [-0.2, 0) is 17.6 Å². The highest BCUT2D eigenvalue weighted by Gasteiger charge is 2.16. The van der Waals surface area contributed by atoms with E-state index in [0.717, 1.165) is 22.2 Å². The molecule has 0 bridgehead atoms. The maximum absolute atomic E-state index is 12.5. The van der Waals surface area contributed by atoms with E-state index in [-0.39, 0.29) is 12.3 Å². The number of hydrogen-bond donors (Lipinski definition) is 1. The van der Waals surface area contributed by atoms with Gasteiger partial charge in [-0.3, -0.25) is 9.78 Å². The Morgan fingerprint density at radius 2 is 1.96 bits per heavy atom. The van der Waals surface area contributed by atoms with Gasteiger partial charge in [-0.1, -0.05) is 6.07 Å². The van der Waals surface area contributed by atoms with Crippen molar-refractivity contribution < 1.29 is 13.9 Å². The Balaban J connectivity index is 1.67. The summed E-state index contributed by atoms with van der Waals surface area (Å²) in [5.41, 5.74) is 3.24. The first-order valence-electron chi connectivity index (χ1n) is 9.27. The lowest BCUT2D eigenvalue weighted by Gasteiger charge is -2.11. The number of fused-ring (bicyclic) bond motifs is 1. The van der Waals surface area contributed by atoms with Gasteiger partial charge in [0.2, 0.25) is 5.91 Å². The topological polar surface area (TPSA) is 81.4 Å². The van der Waals surface area contributed by atoms with Gasteiger partial charge >= 0.3 is 5.63 Å². The summed E-state index contributed by atoms with van der Waals surface area (Å²) in [5, 5.41) is 3.74. The van der Waals surface area contributed by atoms with Crippen LogP contribution in [0.5, 0.6) is 5.75 Å².